The van der Waals surface area contributed by atoms with E-state index in [9.17, 15) is 10.1 Å². The van der Waals surface area contributed by atoms with Gasteiger partial charge in [-0.1, -0.05) is 11.3 Å². The summed E-state index contributed by atoms with van der Waals surface area (Å²) in [5.41, 5.74) is 1.79. The number of benzene rings is 1. The second kappa shape index (κ2) is 7.28. The molecule has 0 atom stereocenters. The topological polar surface area (TPSA) is 68.1 Å². The van der Waals surface area contributed by atoms with Crippen molar-refractivity contribution in [3.63, 3.8) is 0 Å². The summed E-state index contributed by atoms with van der Waals surface area (Å²) in [5.74, 6) is 1.43. The van der Waals surface area contributed by atoms with E-state index < -0.39 is 0 Å². The van der Waals surface area contributed by atoms with Crippen LogP contribution >= 0.6 is 11.3 Å². The van der Waals surface area contributed by atoms with Crippen LogP contribution in [-0.4, -0.2) is 57.3 Å². The minimum absolute atomic E-state index is 0.110. The Kier molecular flexibility index (Phi) is 5.10. The normalized spacial score (nSPS) is 15.2. The molecule has 0 amide bonds. The molecular weight excluding hydrogens is 342 g/mol. The van der Waals surface area contributed by atoms with E-state index in [0.29, 0.717) is 5.75 Å². The van der Waals surface area contributed by atoms with E-state index in [1.165, 1.54) is 6.07 Å². The predicted octanol–water partition coefficient (Wildman–Crippen LogP) is 3.09. The van der Waals surface area contributed by atoms with Crippen LogP contribution in [-0.2, 0) is 0 Å². The van der Waals surface area contributed by atoms with Gasteiger partial charge in [0.15, 0.2) is 0 Å². The third kappa shape index (κ3) is 3.54. The average Bonchev–Trinajstić information content (AvgIpc) is 3.11. The van der Waals surface area contributed by atoms with Crippen molar-refractivity contribution in [2.24, 2.45) is 0 Å². The van der Waals surface area contributed by atoms with Gasteiger partial charge in [0.05, 0.1) is 24.8 Å². The lowest BCUT2D eigenvalue weighted by molar-refractivity contribution is -0.380. The van der Waals surface area contributed by atoms with Gasteiger partial charge in [-0.3, -0.25) is 10.1 Å². The summed E-state index contributed by atoms with van der Waals surface area (Å²) in [6.45, 7) is 3.81. The SMILES string of the molecule is COc1cc(N2CCN(C)CC2)c(OC)cc1-c1ccc([N+](=O)[O-])s1. The van der Waals surface area contributed by atoms with Crippen LogP contribution < -0.4 is 14.4 Å². The Morgan fingerprint density at radius 1 is 1.08 bits per heavy atom. The maximum absolute atomic E-state index is 11.0. The van der Waals surface area contributed by atoms with Crippen molar-refractivity contribution in [2.75, 3.05) is 52.3 Å². The Labute approximate surface area is 150 Å². The van der Waals surface area contributed by atoms with E-state index in [4.69, 9.17) is 9.47 Å². The zero-order valence-corrected chi connectivity index (χ0v) is 15.3. The summed E-state index contributed by atoms with van der Waals surface area (Å²) in [6, 6.07) is 7.13. The minimum atomic E-state index is -0.378. The second-order valence-corrected chi connectivity index (χ2v) is 6.97. The lowest BCUT2D eigenvalue weighted by Crippen LogP contribution is -2.44. The van der Waals surface area contributed by atoms with Crippen molar-refractivity contribution < 1.29 is 14.4 Å². The summed E-state index contributed by atoms with van der Waals surface area (Å²) >= 11 is 1.13. The van der Waals surface area contributed by atoms with Gasteiger partial charge in [-0.2, -0.15) is 0 Å². The summed E-state index contributed by atoms with van der Waals surface area (Å²) in [4.78, 5) is 15.9. The molecule has 0 N–H and O–H groups in total. The van der Waals surface area contributed by atoms with Crippen molar-refractivity contribution in [1.82, 2.24) is 4.90 Å². The third-order valence-electron chi connectivity index (χ3n) is 4.38. The fraction of sp³-hybridized carbons (Fsp3) is 0.412. The first-order valence-corrected chi connectivity index (χ1v) is 8.79. The maximum atomic E-state index is 11.0. The number of hydrogen-bond donors (Lipinski definition) is 0. The molecule has 1 saturated heterocycles. The van der Waals surface area contributed by atoms with Gasteiger partial charge in [-0.25, -0.2) is 0 Å². The first kappa shape index (κ1) is 17.5. The van der Waals surface area contributed by atoms with Crippen LogP contribution in [0.4, 0.5) is 10.7 Å². The number of methoxy groups -OCH3 is 2. The van der Waals surface area contributed by atoms with E-state index in [1.54, 1.807) is 20.3 Å². The first-order chi connectivity index (χ1) is 12.0. The molecule has 0 saturated carbocycles. The zero-order chi connectivity index (χ0) is 18.0. The monoisotopic (exact) mass is 363 g/mol. The van der Waals surface area contributed by atoms with Crippen molar-refractivity contribution in [3.05, 3.63) is 34.4 Å². The quantitative estimate of drug-likeness (QED) is 0.601. The Morgan fingerprint density at radius 2 is 1.76 bits per heavy atom. The Balaban J connectivity index is 2.01. The van der Waals surface area contributed by atoms with Crippen LogP contribution in [0.5, 0.6) is 11.5 Å². The molecule has 2 heterocycles. The summed E-state index contributed by atoms with van der Waals surface area (Å²) in [5, 5.41) is 11.1. The third-order valence-corrected chi connectivity index (χ3v) is 5.45. The summed E-state index contributed by atoms with van der Waals surface area (Å²) in [6.07, 6.45) is 0. The number of thiophene rings is 1. The number of likely N-dealkylation sites (N-methyl/N-ethyl adjacent to an activating group) is 1. The average molecular weight is 363 g/mol. The molecule has 1 fully saturated rings. The standard InChI is InChI=1S/C17H21N3O4S/c1-18-6-8-19(9-7-18)13-11-14(23-2)12(10-15(13)24-3)16-4-5-17(25-16)20(21)22/h4-5,10-11H,6-9H2,1-3H3. The molecule has 1 aliphatic rings. The molecular formula is C17H21N3O4S. The molecule has 1 aromatic heterocycles. The smallest absolute Gasteiger partial charge is 0.324 e. The van der Waals surface area contributed by atoms with E-state index >= 15 is 0 Å². The highest BCUT2D eigenvalue weighted by Crippen LogP contribution is 2.44. The number of piperazine rings is 1. The molecule has 25 heavy (non-hydrogen) atoms. The van der Waals surface area contributed by atoms with E-state index in [1.807, 2.05) is 12.1 Å². The van der Waals surface area contributed by atoms with Crippen LogP contribution in [0.15, 0.2) is 24.3 Å². The Bertz CT molecular complexity index is 769. The largest absolute Gasteiger partial charge is 0.496 e. The maximum Gasteiger partial charge on any atom is 0.324 e. The van der Waals surface area contributed by atoms with Gasteiger partial charge in [0.1, 0.15) is 11.5 Å². The zero-order valence-electron chi connectivity index (χ0n) is 14.5. The van der Waals surface area contributed by atoms with Gasteiger partial charge < -0.3 is 19.3 Å². The van der Waals surface area contributed by atoms with Crippen molar-refractivity contribution in [3.8, 4) is 21.9 Å². The molecule has 2 aromatic rings. The minimum Gasteiger partial charge on any atom is -0.496 e. The fourth-order valence-electron chi connectivity index (χ4n) is 2.94. The van der Waals surface area contributed by atoms with Crippen LogP contribution in [0, 0.1) is 10.1 Å². The van der Waals surface area contributed by atoms with Crippen LogP contribution in [0.1, 0.15) is 0 Å². The molecule has 1 aliphatic heterocycles. The van der Waals surface area contributed by atoms with Crippen LogP contribution in [0.25, 0.3) is 10.4 Å². The Hall–Kier alpha value is -2.32. The van der Waals surface area contributed by atoms with Crippen molar-refractivity contribution >= 4 is 22.0 Å². The van der Waals surface area contributed by atoms with Crippen LogP contribution in [0.2, 0.25) is 0 Å². The number of nitro groups is 1. The van der Waals surface area contributed by atoms with Gasteiger partial charge >= 0.3 is 5.00 Å². The molecule has 1 aromatic carbocycles. The molecule has 0 spiro atoms. The number of nitrogens with zero attached hydrogens (tertiary/aromatic N) is 3. The second-order valence-electron chi connectivity index (χ2n) is 5.91. The summed E-state index contributed by atoms with van der Waals surface area (Å²) < 4.78 is 11.2. The highest BCUT2D eigenvalue weighted by Gasteiger charge is 2.22. The predicted molar refractivity (Wildman–Crippen MR) is 99.2 cm³/mol. The van der Waals surface area contributed by atoms with E-state index in [0.717, 1.165) is 59.4 Å². The molecule has 0 radical (unpaired) electrons. The molecule has 0 unspecified atom stereocenters. The highest BCUT2D eigenvalue weighted by molar-refractivity contribution is 7.18. The molecule has 134 valence electrons. The number of rotatable bonds is 5. The lowest BCUT2D eigenvalue weighted by Gasteiger charge is -2.35. The number of anilines is 1. The van der Waals surface area contributed by atoms with Crippen molar-refractivity contribution in [1.29, 1.82) is 0 Å². The van der Waals surface area contributed by atoms with Gasteiger partial charge in [0.2, 0.25) is 0 Å². The molecule has 0 bridgehead atoms. The number of hydrogen-bond acceptors (Lipinski definition) is 7. The molecule has 7 nitrogen and oxygen atoms in total. The van der Waals surface area contributed by atoms with E-state index in [-0.39, 0.29) is 9.92 Å². The number of ether oxygens (including phenoxy) is 2. The summed E-state index contributed by atoms with van der Waals surface area (Å²) in [7, 11) is 5.37. The Morgan fingerprint density at radius 3 is 2.32 bits per heavy atom. The molecule has 3 rings (SSSR count). The van der Waals surface area contributed by atoms with E-state index in [2.05, 4.69) is 16.8 Å². The molecule has 0 aliphatic carbocycles. The molecule has 8 heteroatoms. The van der Waals surface area contributed by atoms with Crippen molar-refractivity contribution in [2.45, 2.75) is 0 Å². The first-order valence-electron chi connectivity index (χ1n) is 7.97. The van der Waals surface area contributed by atoms with Gasteiger partial charge in [-0.15, -0.1) is 0 Å². The fourth-order valence-corrected chi connectivity index (χ4v) is 3.78. The highest BCUT2D eigenvalue weighted by atomic mass is 32.1. The van der Waals surface area contributed by atoms with Gasteiger partial charge in [-0.05, 0) is 19.2 Å². The lowest BCUT2D eigenvalue weighted by atomic mass is 10.1. The van der Waals surface area contributed by atoms with Crippen LogP contribution in [0.3, 0.4) is 0 Å². The van der Waals surface area contributed by atoms with Gasteiger partial charge in [0, 0.05) is 48.8 Å². The van der Waals surface area contributed by atoms with Gasteiger partial charge in [0.25, 0.3) is 0 Å².